The maximum atomic E-state index is 12.3. The zero-order valence-electron chi connectivity index (χ0n) is 13.7. The number of methoxy groups -OCH3 is 1. The van der Waals surface area contributed by atoms with Crippen LogP contribution in [0, 0.1) is 18.3 Å². The molecule has 7 nitrogen and oxygen atoms in total. The van der Waals surface area contributed by atoms with Crippen molar-refractivity contribution >= 4 is 23.2 Å². The van der Waals surface area contributed by atoms with Crippen LogP contribution in [0.3, 0.4) is 0 Å². The van der Waals surface area contributed by atoms with Gasteiger partial charge in [0.1, 0.15) is 18.4 Å². The van der Waals surface area contributed by atoms with Gasteiger partial charge in [-0.1, -0.05) is 0 Å². The number of anilines is 2. The van der Waals surface area contributed by atoms with E-state index in [-0.39, 0.29) is 18.4 Å². The molecule has 2 rings (SSSR count). The van der Waals surface area contributed by atoms with Gasteiger partial charge in [0.15, 0.2) is 0 Å². The number of aromatic nitrogens is 1. The highest BCUT2D eigenvalue weighted by Crippen LogP contribution is 2.20. The first-order chi connectivity index (χ1) is 11.4. The number of hydrogen-bond donors (Lipinski definition) is 2. The molecule has 1 aromatic carbocycles. The minimum Gasteiger partial charge on any atom is -0.375 e. The molecule has 0 saturated carbocycles. The maximum Gasteiger partial charge on any atom is 0.272 e. The van der Waals surface area contributed by atoms with E-state index >= 15 is 0 Å². The molecule has 0 saturated heterocycles. The SMILES string of the molecule is COCC(=O)Nc1ccc(NC(=O)c2cc(C#N)cn2C)cc1C. The molecule has 2 amide bonds. The summed E-state index contributed by atoms with van der Waals surface area (Å²) in [4.78, 5) is 23.8. The molecule has 0 fully saturated rings. The normalized spacial score (nSPS) is 10.1. The highest BCUT2D eigenvalue weighted by atomic mass is 16.5. The lowest BCUT2D eigenvalue weighted by atomic mass is 10.1. The Morgan fingerprint density at radius 1 is 1.29 bits per heavy atom. The molecule has 0 radical (unpaired) electrons. The number of carbonyl (C=O) groups excluding carboxylic acids is 2. The maximum absolute atomic E-state index is 12.3. The van der Waals surface area contributed by atoms with Crippen molar-refractivity contribution in [3.8, 4) is 6.07 Å². The van der Waals surface area contributed by atoms with Crippen molar-refractivity contribution in [1.82, 2.24) is 4.57 Å². The summed E-state index contributed by atoms with van der Waals surface area (Å²) in [5, 5.41) is 14.4. The van der Waals surface area contributed by atoms with Crippen LogP contribution in [0.15, 0.2) is 30.5 Å². The standard InChI is InChI=1S/C17H18N4O3/c1-11-6-13(4-5-14(11)20-16(22)10-24-3)19-17(23)15-7-12(8-18)9-21(15)2/h4-7,9H,10H2,1-3H3,(H,19,23)(H,20,22). The molecule has 0 aliphatic carbocycles. The summed E-state index contributed by atoms with van der Waals surface area (Å²) >= 11 is 0. The highest BCUT2D eigenvalue weighted by molar-refractivity contribution is 6.03. The Balaban J connectivity index is 2.11. The van der Waals surface area contributed by atoms with E-state index in [1.54, 1.807) is 36.0 Å². The van der Waals surface area contributed by atoms with Gasteiger partial charge in [-0.3, -0.25) is 9.59 Å². The van der Waals surface area contributed by atoms with Crippen LogP contribution < -0.4 is 10.6 Å². The van der Waals surface area contributed by atoms with E-state index < -0.39 is 0 Å². The van der Waals surface area contributed by atoms with E-state index in [1.807, 2.05) is 13.0 Å². The molecule has 0 aliphatic heterocycles. The third kappa shape index (κ3) is 4.00. The lowest BCUT2D eigenvalue weighted by Gasteiger charge is -2.11. The Morgan fingerprint density at radius 3 is 2.62 bits per heavy atom. The van der Waals surface area contributed by atoms with Crippen molar-refractivity contribution in [2.45, 2.75) is 6.92 Å². The van der Waals surface area contributed by atoms with Crippen LogP contribution in [0.25, 0.3) is 0 Å². The molecule has 0 spiro atoms. The smallest absolute Gasteiger partial charge is 0.272 e. The third-order valence-corrected chi connectivity index (χ3v) is 3.40. The van der Waals surface area contributed by atoms with Crippen LogP contribution in [0.2, 0.25) is 0 Å². The van der Waals surface area contributed by atoms with Crippen molar-refractivity contribution < 1.29 is 14.3 Å². The van der Waals surface area contributed by atoms with Crippen LogP contribution in [-0.4, -0.2) is 30.1 Å². The molecule has 2 aromatic rings. The minimum absolute atomic E-state index is 0.0212. The topological polar surface area (TPSA) is 96.2 Å². The predicted octanol–water partition coefficient (Wildman–Crippen LogP) is 2.04. The van der Waals surface area contributed by atoms with Gasteiger partial charge in [0, 0.05) is 31.7 Å². The van der Waals surface area contributed by atoms with Crippen LogP contribution >= 0.6 is 0 Å². The van der Waals surface area contributed by atoms with Crippen LogP contribution in [0.1, 0.15) is 21.6 Å². The van der Waals surface area contributed by atoms with Crippen LogP contribution in [0.4, 0.5) is 11.4 Å². The van der Waals surface area contributed by atoms with Crippen molar-refractivity contribution in [3.05, 3.63) is 47.3 Å². The Labute approximate surface area is 139 Å². The van der Waals surface area contributed by atoms with Crippen molar-refractivity contribution in [2.75, 3.05) is 24.4 Å². The number of amides is 2. The first kappa shape index (κ1) is 17.2. The fourth-order valence-electron chi connectivity index (χ4n) is 2.25. The second kappa shape index (κ2) is 7.44. The predicted molar refractivity (Wildman–Crippen MR) is 89.8 cm³/mol. The largest absolute Gasteiger partial charge is 0.375 e. The molecule has 1 aromatic heterocycles. The van der Waals surface area contributed by atoms with Gasteiger partial charge in [-0.05, 0) is 36.8 Å². The average molecular weight is 326 g/mol. The number of carbonyl (C=O) groups is 2. The molecule has 7 heteroatoms. The molecule has 124 valence electrons. The van der Waals surface area contributed by atoms with Crippen molar-refractivity contribution in [3.63, 3.8) is 0 Å². The van der Waals surface area contributed by atoms with Crippen molar-refractivity contribution in [2.24, 2.45) is 7.05 Å². The summed E-state index contributed by atoms with van der Waals surface area (Å²) < 4.78 is 6.37. The molecule has 0 bridgehead atoms. The van der Waals surface area contributed by atoms with E-state index in [1.165, 1.54) is 13.2 Å². The number of nitrogens with zero attached hydrogens (tertiary/aromatic N) is 2. The van der Waals surface area contributed by atoms with E-state index in [9.17, 15) is 9.59 Å². The molecule has 1 heterocycles. The number of nitriles is 1. The monoisotopic (exact) mass is 326 g/mol. The van der Waals surface area contributed by atoms with Gasteiger partial charge >= 0.3 is 0 Å². The number of rotatable bonds is 5. The summed E-state index contributed by atoms with van der Waals surface area (Å²) in [7, 11) is 3.15. The summed E-state index contributed by atoms with van der Waals surface area (Å²) in [5.74, 6) is -0.556. The Morgan fingerprint density at radius 2 is 2.04 bits per heavy atom. The first-order valence-electron chi connectivity index (χ1n) is 7.22. The molecular formula is C17H18N4O3. The minimum atomic E-state index is -0.311. The van der Waals surface area contributed by atoms with Crippen LogP contribution in [-0.2, 0) is 16.6 Å². The van der Waals surface area contributed by atoms with E-state index in [0.717, 1.165) is 5.56 Å². The highest BCUT2D eigenvalue weighted by Gasteiger charge is 2.13. The number of aryl methyl sites for hydroxylation is 2. The van der Waals surface area contributed by atoms with Crippen molar-refractivity contribution in [1.29, 1.82) is 5.26 Å². The second-order valence-corrected chi connectivity index (χ2v) is 5.30. The molecule has 2 N–H and O–H groups in total. The first-order valence-corrected chi connectivity index (χ1v) is 7.22. The number of benzene rings is 1. The van der Waals surface area contributed by atoms with Gasteiger partial charge in [0.05, 0.1) is 5.56 Å². The van der Waals surface area contributed by atoms with Gasteiger partial charge < -0.3 is 19.9 Å². The Bertz CT molecular complexity index is 818. The second-order valence-electron chi connectivity index (χ2n) is 5.30. The van der Waals surface area contributed by atoms with Gasteiger partial charge in [-0.2, -0.15) is 5.26 Å². The lowest BCUT2D eigenvalue weighted by Crippen LogP contribution is -2.18. The van der Waals surface area contributed by atoms with Gasteiger partial charge in [-0.15, -0.1) is 0 Å². The van der Waals surface area contributed by atoms with Gasteiger partial charge in [-0.25, -0.2) is 0 Å². The van der Waals surface area contributed by atoms with E-state index in [4.69, 9.17) is 10.00 Å². The molecular weight excluding hydrogens is 308 g/mol. The van der Waals surface area contributed by atoms with Gasteiger partial charge in [0.2, 0.25) is 5.91 Å². The summed E-state index contributed by atoms with van der Waals surface area (Å²) in [6, 6.07) is 8.70. The molecule has 0 aliphatic rings. The fourth-order valence-corrected chi connectivity index (χ4v) is 2.25. The summed E-state index contributed by atoms with van der Waals surface area (Å²) in [6.45, 7) is 1.81. The zero-order valence-corrected chi connectivity index (χ0v) is 13.7. The van der Waals surface area contributed by atoms with Gasteiger partial charge in [0.25, 0.3) is 5.91 Å². The number of ether oxygens (including phenoxy) is 1. The van der Waals surface area contributed by atoms with E-state index in [0.29, 0.717) is 22.6 Å². The Kier molecular flexibility index (Phi) is 5.35. The summed E-state index contributed by atoms with van der Waals surface area (Å²) in [5.41, 5.74) is 2.88. The number of nitrogens with one attached hydrogen (secondary N) is 2. The number of hydrogen-bond acceptors (Lipinski definition) is 4. The lowest BCUT2D eigenvalue weighted by molar-refractivity contribution is -0.119. The zero-order chi connectivity index (χ0) is 17.7. The summed E-state index contributed by atoms with van der Waals surface area (Å²) in [6.07, 6.45) is 1.59. The quantitative estimate of drug-likeness (QED) is 0.879. The third-order valence-electron chi connectivity index (χ3n) is 3.40. The van der Waals surface area contributed by atoms with Crippen LogP contribution in [0.5, 0.6) is 0 Å². The molecule has 24 heavy (non-hydrogen) atoms. The fraction of sp³-hybridized carbons (Fsp3) is 0.235. The average Bonchev–Trinajstić information content (AvgIpc) is 2.91. The van der Waals surface area contributed by atoms with E-state index in [2.05, 4.69) is 10.6 Å². The molecule has 0 atom stereocenters. The molecule has 0 unspecified atom stereocenters. The Hall–Kier alpha value is -3.11.